The molecule has 0 radical (unpaired) electrons. The first-order valence-corrected chi connectivity index (χ1v) is 7.12. The Morgan fingerprint density at radius 3 is 2.12 bits per heavy atom. The van der Waals surface area contributed by atoms with Gasteiger partial charge in [-0.15, -0.1) is 0 Å². The third-order valence-corrected chi connectivity index (χ3v) is 4.46. The normalized spacial score (nSPS) is 23.6. The van der Waals surface area contributed by atoms with Crippen molar-refractivity contribution in [1.82, 2.24) is 4.90 Å². The second kappa shape index (κ2) is 4.50. The summed E-state index contributed by atoms with van der Waals surface area (Å²) in [5.74, 6) is 0.795. The lowest BCUT2D eigenvalue weighted by Crippen LogP contribution is -2.34. The van der Waals surface area contributed by atoms with Crippen LogP contribution < -0.4 is 0 Å². The first-order chi connectivity index (χ1) is 7.83. The quantitative estimate of drug-likeness (QED) is 0.796. The molecule has 1 saturated carbocycles. The van der Waals surface area contributed by atoms with Crippen LogP contribution in [0, 0.1) is 0 Å². The van der Waals surface area contributed by atoms with Crippen LogP contribution in [0.15, 0.2) is 28.7 Å². The van der Waals surface area contributed by atoms with Crippen LogP contribution in [0.25, 0.3) is 0 Å². The number of halogens is 1. The molecule has 1 aromatic carbocycles. The van der Waals surface area contributed by atoms with E-state index in [1.165, 1.54) is 48.8 Å². The predicted molar refractivity (Wildman–Crippen MR) is 70.7 cm³/mol. The van der Waals surface area contributed by atoms with E-state index in [9.17, 15) is 0 Å². The van der Waals surface area contributed by atoms with Crippen molar-refractivity contribution in [3.05, 3.63) is 34.3 Å². The Hall–Kier alpha value is -0.340. The minimum Gasteiger partial charge on any atom is -0.300 e. The fraction of sp³-hybridized carbons (Fsp3) is 0.571. The molecule has 1 heterocycles. The first-order valence-electron chi connectivity index (χ1n) is 6.32. The van der Waals surface area contributed by atoms with Gasteiger partial charge in [0.2, 0.25) is 0 Å². The van der Waals surface area contributed by atoms with E-state index >= 15 is 0 Å². The number of hydrogen-bond donors (Lipinski definition) is 0. The number of benzene rings is 1. The molecule has 1 nitrogen and oxygen atoms in total. The second-order valence-corrected chi connectivity index (χ2v) is 6.01. The van der Waals surface area contributed by atoms with Gasteiger partial charge in [0.05, 0.1) is 0 Å². The van der Waals surface area contributed by atoms with E-state index < -0.39 is 0 Å². The molecule has 3 rings (SSSR count). The zero-order valence-corrected chi connectivity index (χ0v) is 11.1. The van der Waals surface area contributed by atoms with Crippen LogP contribution >= 0.6 is 15.9 Å². The van der Waals surface area contributed by atoms with Crippen molar-refractivity contribution in [3.63, 3.8) is 0 Å². The molecule has 0 amide bonds. The lowest BCUT2D eigenvalue weighted by molar-refractivity contribution is 0.203. The molecule has 0 atom stereocenters. The highest BCUT2D eigenvalue weighted by atomic mass is 79.9. The van der Waals surface area contributed by atoms with Crippen molar-refractivity contribution in [2.75, 3.05) is 13.1 Å². The third-order valence-electron chi connectivity index (χ3n) is 3.93. The maximum absolute atomic E-state index is 3.50. The summed E-state index contributed by atoms with van der Waals surface area (Å²) in [6.45, 7) is 2.62. The van der Waals surface area contributed by atoms with E-state index in [1.807, 2.05) is 0 Å². The van der Waals surface area contributed by atoms with Gasteiger partial charge in [-0.1, -0.05) is 28.1 Å². The average Bonchev–Trinajstić information content (AvgIpc) is 3.14. The smallest absolute Gasteiger partial charge is 0.0175 e. The van der Waals surface area contributed by atoms with Gasteiger partial charge >= 0.3 is 0 Å². The summed E-state index contributed by atoms with van der Waals surface area (Å²) in [5.41, 5.74) is 1.53. The van der Waals surface area contributed by atoms with E-state index in [1.54, 1.807) is 0 Å². The van der Waals surface area contributed by atoms with Crippen molar-refractivity contribution >= 4 is 15.9 Å². The molecule has 1 aliphatic heterocycles. The van der Waals surface area contributed by atoms with Gasteiger partial charge in [0.15, 0.2) is 0 Å². The molecule has 1 aromatic rings. The summed E-state index contributed by atoms with van der Waals surface area (Å²) in [7, 11) is 0. The maximum Gasteiger partial charge on any atom is 0.0175 e. The van der Waals surface area contributed by atoms with Crippen molar-refractivity contribution in [2.45, 2.75) is 37.6 Å². The van der Waals surface area contributed by atoms with Crippen LogP contribution in [0.4, 0.5) is 0 Å². The molecule has 1 saturated heterocycles. The monoisotopic (exact) mass is 279 g/mol. The van der Waals surface area contributed by atoms with Crippen LogP contribution in [0.2, 0.25) is 0 Å². The number of piperidine rings is 1. The molecule has 0 aromatic heterocycles. The van der Waals surface area contributed by atoms with E-state index in [4.69, 9.17) is 0 Å². The van der Waals surface area contributed by atoms with Crippen molar-refractivity contribution in [3.8, 4) is 0 Å². The SMILES string of the molecule is Brc1ccc(C2CCN(C3CC3)CC2)cc1. The molecule has 2 fully saturated rings. The minimum absolute atomic E-state index is 0.795. The Balaban J connectivity index is 1.62. The number of hydrogen-bond acceptors (Lipinski definition) is 1. The largest absolute Gasteiger partial charge is 0.300 e. The first kappa shape index (κ1) is 10.8. The summed E-state index contributed by atoms with van der Waals surface area (Å²) in [5, 5.41) is 0. The van der Waals surface area contributed by atoms with Crippen molar-refractivity contribution < 1.29 is 0 Å². The molecule has 2 aliphatic rings. The molecule has 86 valence electrons. The van der Waals surface area contributed by atoms with E-state index in [2.05, 4.69) is 45.1 Å². The molecule has 1 aliphatic carbocycles. The average molecular weight is 280 g/mol. The highest BCUT2D eigenvalue weighted by Gasteiger charge is 2.31. The summed E-state index contributed by atoms with van der Waals surface area (Å²) in [6.07, 6.45) is 5.59. The van der Waals surface area contributed by atoms with Crippen LogP contribution in [0.1, 0.15) is 37.2 Å². The molecule has 0 bridgehead atoms. The van der Waals surface area contributed by atoms with Gasteiger partial charge < -0.3 is 4.90 Å². The highest BCUT2D eigenvalue weighted by Crippen LogP contribution is 2.34. The number of likely N-dealkylation sites (tertiary alicyclic amines) is 1. The zero-order chi connectivity index (χ0) is 11.0. The van der Waals surface area contributed by atoms with Crippen LogP contribution in [0.5, 0.6) is 0 Å². The fourth-order valence-electron chi connectivity index (χ4n) is 2.77. The number of rotatable bonds is 2. The topological polar surface area (TPSA) is 3.24 Å². The summed E-state index contributed by atoms with van der Waals surface area (Å²) >= 11 is 3.50. The molecule has 0 N–H and O–H groups in total. The van der Waals surface area contributed by atoms with Gasteiger partial charge in [0.25, 0.3) is 0 Å². The van der Waals surface area contributed by atoms with Crippen LogP contribution in [-0.2, 0) is 0 Å². The van der Waals surface area contributed by atoms with Gasteiger partial charge in [-0.05, 0) is 62.4 Å². The van der Waals surface area contributed by atoms with Crippen LogP contribution in [0.3, 0.4) is 0 Å². The van der Waals surface area contributed by atoms with Crippen molar-refractivity contribution in [2.24, 2.45) is 0 Å². The summed E-state index contributed by atoms with van der Waals surface area (Å²) in [6, 6.07) is 9.85. The lowest BCUT2D eigenvalue weighted by Gasteiger charge is -2.32. The maximum atomic E-state index is 3.50. The molecule has 2 heteroatoms. The van der Waals surface area contributed by atoms with E-state index in [0.717, 1.165) is 12.0 Å². The van der Waals surface area contributed by atoms with Gasteiger partial charge in [-0.3, -0.25) is 0 Å². The molecule has 16 heavy (non-hydrogen) atoms. The lowest BCUT2D eigenvalue weighted by atomic mass is 9.89. The fourth-order valence-corrected chi connectivity index (χ4v) is 3.04. The Morgan fingerprint density at radius 2 is 1.56 bits per heavy atom. The van der Waals surface area contributed by atoms with Crippen LogP contribution in [-0.4, -0.2) is 24.0 Å². The predicted octanol–water partition coefficient (Wildman–Crippen LogP) is 3.79. The van der Waals surface area contributed by atoms with E-state index in [-0.39, 0.29) is 0 Å². The Labute approximate surface area is 106 Å². The Kier molecular flexibility index (Phi) is 3.03. The summed E-state index contributed by atoms with van der Waals surface area (Å²) in [4.78, 5) is 2.69. The third kappa shape index (κ3) is 2.33. The Bertz CT molecular complexity index is 348. The van der Waals surface area contributed by atoms with Gasteiger partial charge in [0, 0.05) is 10.5 Å². The molecule has 0 spiro atoms. The standard InChI is InChI=1S/C14H18BrN/c15-13-3-1-11(2-4-13)12-7-9-16(10-8-12)14-5-6-14/h1-4,12,14H,5-10H2. The second-order valence-electron chi connectivity index (χ2n) is 5.09. The minimum atomic E-state index is 0.795. The molecular formula is C14H18BrN. The van der Waals surface area contributed by atoms with Gasteiger partial charge in [-0.2, -0.15) is 0 Å². The highest BCUT2D eigenvalue weighted by molar-refractivity contribution is 9.10. The summed E-state index contributed by atoms with van der Waals surface area (Å²) < 4.78 is 1.19. The molecule has 0 unspecified atom stereocenters. The number of nitrogens with zero attached hydrogens (tertiary/aromatic N) is 1. The van der Waals surface area contributed by atoms with Gasteiger partial charge in [0.1, 0.15) is 0 Å². The Morgan fingerprint density at radius 1 is 0.938 bits per heavy atom. The van der Waals surface area contributed by atoms with E-state index in [0.29, 0.717) is 0 Å². The van der Waals surface area contributed by atoms with Crippen molar-refractivity contribution in [1.29, 1.82) is 0 Å². The van der Waals surface area contributed by atoms with Gasteiger partial charge in [-0.25, -0.2) is 0 Å². The molecular weight excluding hydrogens is 262 g/mol. The zero-order valence-electron chi connectivity index (χ0n) is 9.53.